The van der Waals surface area contributed by atoms with E-state index in [1.807, 2.05) is 54.0 Å². The topological polar surface area (TPSA) is 84.0 Å². The van der Waals surface area contributed by atoms with Gasteiger partial charge in [-0.2, -0.15) is 5.26 Å². The smallest absolute Gasteiger partial charge is 0.232 e. The molecule has 2 aromatic carbocycles. The van der Waals surface area contributed by atoms with Crippen LogP contribution < -0.4 is 4.90 Å². The lowest BCUT2D eigenvalue weighted by Crippen LogP contribution is -2.38. The van der Waals surface area contributed by atoms with E-state index in [0.29, 0.717) is 43.6 Å². The van der Waals surface area contributed by atoms with Crippen molar-refractivity contribution in [1.82, 2.24) is 14.8 Å². The van der Waals surface area contributed by atoms with Crippen LogP contribution >= 0.6 is 0 Å². The lowest BCUT2D eigenvalue weighted by molar-refractivity contribution is 0.0975. The number of carbonyl (C=O) groups excluding carboxylic acids is 1. The van der Waals surface area contributed by atoms with Crippen molar-refractivity contribution < 1.29 is 9.53 Å². The number of carbonyl (C=O) groups is 1. The molecule has 7 heteroatoms. The van der Waals surface area contributed by atoms with E-state index in [0.717, 1.165) is 11.3 Å². The molecule has 0 spiro atoms. The second-order valence-corrected chi connectivity index (χ2v) is 6.92. The largest absolute Gasteiger partial charge is 0.378 e. The summed E-state index contributed by atoms with van der Waals surface area (Å²) < 4.78 is 7.25. The Bertz CT molecular complexity index is 1030. The van der Waals surface area contributed by atoms with Gasteiger partial charge in [-0.25, -0.2) is 0 Å². The Morgan fingerprint density at radius 3 is 2.41 bits per heavy atom. The summed E-state index contributed by atoms with van der Waals surface area (Å²) in [4.78, 5) is 15.2. The van der Waals surface area contributed by atoms with Crippen molar-refractivity contribution in [2.75, 3.05) is 31.2 Å². The van der Waals surface area contributed by atoms with Gasteiger partial charge in [0.1, 0.15) is 0 Å². The number of Topliss-reactive ketones (excluding diaryl/α,β-unsaturated/α-hetero) is 1. The lowest BCUT2D eigenvalue weighted by atomic mass is 9.97. The van der Waals surface area contributed by atoms with Gasteiger partial charge in [-0.1, -0.05) is 48.0 Å². The molecule has 0 unspecified atom stereocenters. The first-order valence-electron chi connectivity index (χ1n) is 9.53. The minimum absolute atomic E-state index is 0.286. The molecule has 7 nitrogen and oxygen atoms in total. The predicted octanol–water partition coefficient (Wildman–Crippen LogP) is 2.90. The number of ether oxygens (including phenoxy) is 1. The van der Waals surface area contributed by atoms with Crippen LogP contribution in [-0.2, 0) is 4.74 Å². The van der Waals surface area contributed by atoms with Gasteiger partial charge in [-0.05, 0) is 19.1 Å². The van der Waals surface area contributed by atoms with Crippen molar-refractivity contribution in [2.24, 2.45) is 0 Å². The number of anilines is 1. The number of nitrogens with zero attached hydrogens (tertiary/aromatic N) is 5. The van der Waals surface area contributed by atoms with Crippen LogP contribution in [0.4, 0.5) is 5.95 Å². The molecule has 1 aliphatic heterocycles. The summed E-state index contributed by atoms with van der Waals surface area (Å²) >= 11 is 0. The molecule has 0 amide bonds. The van der Waals surface area contributed by atoms with E-state index in [9.17, 15) is 10.1 Å². The molecule has 0 bridgehead atoms. The second kappa shape index (κ2) is 8.25. The third kappa shape index (κ3) is 3.75. The Kier molecular flexibility index (Phi) is 5.36. The van der Waals surface area contributed by atoms with Crippen molar-refractivity contribution in [3.05, 3.63) is 71.5 Å². The van der Waals surface area contributed by atoms with Crippen LogP contribution in [0.5, 0.6) is 0 Å². The zero-order valence-corrected chi connectivity index (χ0v) is 16.2. The van der Waals surface area contributed by atoms with Crippen molar-refractivity contribution >= 4 is 11.7 Å². The van der Waals surface area contributed by atoms with Crippen molar-refractivity contribution in [3.63, 3.8) is 0 Å². The number of hydrogen-bond donors (Lipinski definition) is 0. The maximum atomic E-state index is 13.1. The van der Waals surface area contributed by atoms with Crippen LogP contribution in [0.2, 0.25) is 0 Å². The maximum Gasteiger partial charge on any atom is 0.232 e. The standard InChI is InChI=1S/C22H21N5O2/c1-16-7-9-17(10-8-16)20(28)19(15-23)21-24-25-22(26-11-13-29-14-12-26)27(21)18-5-3-2-4-6-18/h2-10,19H,11-14H2,1H3/t19-/m0/s1. The van der Waals surface area contributed by atoms with E-state index in [2.05, 4.69) is 21.2 Å². The van der Waals surface area contributed by atoms with Crippen LogP contribution in [0.15, 0.2) is 54.6 Å². The minimum atomic E-state index is -1.06. The number of aryl methyl sites for hydroxylation is 1. The zero-order valence-electron chi connectivity index (χ0n) is 16.2. The number of benzene rings is 2. The third-order valence-electron chi connectivity index (χ3n) is 4.96. The zero-order chi connectivity index (χ0) is 20.2. The first-order valence-corrected chi connectivity index (χ1v) is 9.53. The molecule has 29 heavy (non-hydrogen) atoms. The van der Waals surface area contributed by atoms with Crippen LogP contribution in [-0.4, -0.2) is 46.9 Å². The van der Waals surface area contributed by atoms with E-state index in [1.165, 1.54) is 0 Å². The van der Waals surface area contributed by atoms with Gasteiger partial charge in [0.15, 0.2) is 17.5 Å². The van der Waals surface area contributed by atoms with Crippen LogP contribution in [0, 0.1) is 18.3 Å². The van der Waals surface area contributed by atoms with Crippen LogP contribution in [0.3, 0.4) is 0 Å². The SMILES string of the molecule is Cc1ccc(C(=O)[C@H](C#N)c2nnc(N3CCOCC3)n2-c2ccccc2)cc1. The molecule has 0 N–H and O–H groups in total. The molecule has 0 saturated carbocycles. The summed E-state index contributed by atoms with van der Waals surface area (Å²) in [7, 11) is 0. The molecule has 1 atom stereocenters. The number of aromatic nitrogens is 3. The van der Waals surface area contributed by atoms with E-state index in [1.54, 1.807) is 12.1 Å². The van der Waals surface area contributed by atoms with E-state index < -0.39 is 5.92 Å². The van der Waals surface area contributed by atoms with E-state index in [4.69, 9.17) is 4.74 Å². The number of hydrogen-bond acceptors (Lipinski definition) is 6. The quantitative estimate of drug-likeness (QED) is 0.626. The predicted molar refractivity (Wildman–Crippen MR) is 108 cm³/mol. The Balaban J connectivity index is 1.79. The summed E-state index contributed by atoms with van der Waals surface area (Å²) in [5.74, 6) is -0.400. The molecular weight excluding hydrogens is 366 g/mol. The summed E-state index contributed by atoms with van der Waals surface area (Å²) in [6, 6.07) is 18.9. The molecule has 3 aromatic rings. The van der Waals surface area contributed by atoms with Gasteiger partial charge in [-0.3, -0.25) is 9.36 Å². The van der Waals surface area contributed by atoms with Crippen molar-refractivity contribution in [2.45, 2.75) is 12.8 Å². The fraction of sp³-hybridized carbons (Fsp3) is 0.273. The summed E-state index contributed by atoms with van der Waals surface area (Å²) in [6.45, 7) is 4.50. The summed E-state index contributed by atoms with van der Waals surface area (Å²) in [5, 5.41) is 18.5. The number of nitriles is 1. The van der Waals surface area contributed by atoms with Gasteiger partial charge in [0.2, 0.25) is 5.95 Å². The fourth-order valence-electron chi connectivity index (χ4n) is 3.39. The van der Waals surface area contributed by atoms with Crippen molar-refractivity contribution in [3.8, 4) is 11.8 Å². The lowest BCUT2D eigenvalue weighted by Gasteiger charge is -2.28. The molecule has 1 aromatic heterocycles. The number of morpholine rings is 1. The first kappa shape index (κ1) is 18.8. The number of rotatable bonds is 5. The molecule has 0 aliphatic carbocycles. The molecule has 146 valence electrons. The van der Waals surface area contributed by atoms with Gasteiger partial charge in [0.05, 0.1) is 25.0 Å². The first-order chi connectivity index (χ1) is 14.2. The maximum absolute atomic E-state index is 13.1. The van der Waals surface area contributed by atoms with Crippen LogP contribution in [0.25, 0.3) is 5.69 Å². The minimum Gasteiger partial charge on any atom is -0.378 e. The van der Waals surface area contributed by atoms with Gasteiger partial charge in [-0.15, -0.1) is 10.2 Å². The molecule has 1 fully saturated rings. The van der Waals surface area contributed by atoms with Gasteiger partial charge in [0.25, 0.3) is 0 Å². The molecule has 2 heterocycles. The van der Waals surface area contributed by atoms with Gasteiger partial charge >= 0.3 is 0 Å². The number of ketones is 1. The molecule has 1 saturated heterocycles. The molecule has 4 rings (SSSR count). The van der Waals surface area contributed by atoms with E-state index in [-0.39, 0.29) is 5.78 Å². The normalized spacial score (nSPS) is 15.0. The highest BCUT2D eigenvalue weighted by atomic mass is 16.5. The average molecular weight is 387 g/mol. The van der Waals surface area contributed by atoms with E-state index >= 15 is 0 Å². The Hall–Kier alpha value is -3.50. The second-order valence-electron chi connectivity index (χ2n) is 6.92. The monoisotopic (exact) mass is 387 g/mol. The molecule has 1 aliphatic rings. The fourth-order valence-corrected chi connectivity index (χ4v) is 3.39. The van der Waals surface area contributed by atoms with Crippen LogP contribution in [0.1, 0.15) is 27.7 Å². The highest BCUT2D eigenvalue weighted by molar-refractivity contribution is 6.02. The highest BCUT2D eigenvalue weighted by Crippen LogP contribution is 2.27. The third-order valence-corrected chi connectivity index (χ3v) is 4.96. The average Bonchev–Trinajstić information content (AvgIpc) is 3.21. The van der Waals surface area contributed by atoms with Gasteiger partial charge in [0, 0.05) is 18.7 Å². The Morgan fingerprint density at radius 1 is 1.07 bits per heavy atom. The Morgan fingerprint density at radius 2 is 1.76 bits per heavy atom. The molecule has 0 radical (unpaired) electrons. The summed E-state index contributed by atoms with van der Waals surface area (Å²) in [6.07, 6.45) is 0. The van der Waals surface area contributed by atoms with Crippen molar-refractivity contribution in [1.29, 1.82) is 5.26 Å². The summed E-state index contributed by atoms with van der Waals surface area (Å²) in [5.41, 5.74) is 2.35. The molecular formula is C22H21N5O2. The Labute approximate surface area is 169 Å². The number of para-hydroxylation sites is 1. The highest BCUT2D eigenvalue weighted by Gasteiger charge is 2.31. The van der Waals surface area contributed by atoms with Gasteiger partial charge < -0.3 is 9.64 Å².